The number of carbonyl (C=O) groups is 1. The van der Waals surface area contributed by atoms with Gasteiger partial charge in [0.15, 0.2) is 0 Å². The summed E-state index contributed by atoms with van der Waals surface area (Å²) in [5.74, 6) is 2.65. The van der Waals surface area contributed by atoms with Crippen LogP contribution in [0.3, 0.4) is 0 Å². The molecule has 0 aromatic rings. The Labute approximate surface area is 61.8 Å². The summed E-state index contributed by atoms with van der Waals surface area (Å²) in [7, 11) is 0. The average molecular weight is 138 g/mol. The molecule has 2 aliphatic rings. The van der Waals surface area contributed by atoms with Gasteiger partial charge in [0.1, 0.15) is 5.78 Å². The molecule has 0 amide bonds. The second-order valence-corrected chi connectivity index (χ2v) is 3.81. The van der Waals surface area contributed by atoms with Crippen LogP contribution in [0.15, 0.2) is 0 Å². The third kappa shape index (κ3) is 0.882. The molecule has 2 fully saturated rings. The Morgan fingerprint density at radius 1 is 1.40 bits per heavy atom. The molecule has 0 heterocycles. The third-order valence-corrected chi connectivity index (χ3v) is 3.12. The van der Waals surface area contributed by atoms with Crippen LogP contribution < -0.4 is 0 Å². The van der Waals surface area contributed by atoms with E-state index in [4.69, 9.17) is 0 Å². The first-order chi connectivity index (χ1) is 4.79. The molecule has 0 spiro atoms. The van der Waals surface area contributed by atoms with Crippen LogP contribution in [-0.2, 0) is 4.79 Å². The van der Waals surface area contributed by atoms with Crippen molar-refractivity contribution in [1.82, 2.24) is 0 Å². The first-order valence-electron chi connectivity index (χ1n) is 4.29. The van der Waals surface area contributed by atoms with E-state index in [-0.39, 0.29) is 0 Å². The van der Waals surface area contributed by atoms with E-state index in [0.717, 1.165) is 11.8 Å². The van der Waals surface area contributed by atoms with Crippen LogP contribution in [0.25, 0.3) is 0 Å². The van der Waals surface area contributed by atoms with Crippen LogP contribution in [0.1, 0.15) is 32.6 Å². The van der Waals surface area contributed by atoms with Gasteiger partial charge < -0.3 is 0 Å². The highest BCUT2D eigenvalue weighted by molar-refractivity contribution is 5.81. The predicted molar refractivity (Wildman–Crippen MR) is 39.6 cm³/mol. The SMILES string of the molecule is CC(=O)C1CC1C1CCC1. The van der Waals surface area contributed by atoms with Crippen molar-refractivity contribution >= 4 is 5.78 Å². The Hall–Kier alpha value is -0.330. The van der Waals surface area contributed by atoms with Crippen molar-refractivity contribution in [3.63, 3.8) is 0 Å². The molecule has 2 unspecified atom stereocenters. The van der Waals surface area contributed by atoms with Gasteiger partial charge in [0.25, 0.3) is 0 Å². The van der Waals surface area contributed by atoms with Crippen LogP contribution >= 0.6 is 0 Å². The molecular weight excluding hydrogens is 124 g/mol. The van der Waals surface area contributed by atoms with Crippen LogP contribution in [0.5, 0.6) is 0 Å². The molecule has 0 saturated heterocycles. The van der Waals surface area contributed by atoms with Crippen molar-refractivity contribution in [2.45, 2.75) is 32.6 Å². The first-order valence-corrected chi connectivity index (χ1v) is 4.29. The smallest absolute Gasteiger partial charge is 0.133 e. The second kappa shape index (κ2) is 2.08. The standard InChI is InChI=1S/C9H14O/c1-6(10)8-5-9(8)7-3-2-4-7/h7-9H,2-5H2,1H3. The summed E-state index contributed by atoms with van der Waals surface area (Å²) in [6.45, 7) is 1.74. The molecule has 0 aromatic heterocycles. The Kier molecular flexibility index (Phi) is 1.33. The van der Waals surface area contributed by atoms with Gasteiger partial charge in [-0.15, -0.1) is 0 Å². The lowest BCUT2D eigenvalue weighted by Gasteiger charge is -2.25. The molecule has 0 aliphatic heterocycles. The molecule has 1 heteroatoms. The highest BCUT2D eigenvalue weighted by atomic mass is 16.1. The van der Waals surface area contributed by atoms with Gasteiger partial charge in [0.2, 0.25) is 0 Å². The highest BCUT2D eigenvalue weighted by Gasteiger charge is 2.46. The van der Waals surface area contributed by atoms with E-state index in [9.17, 15) is 4.79 Å². The first kappa shape index (κ1) is 6.38. The van der Waals surface area contributed by atoms with E-state index in [0.29, 0.717) is 11.7 Å². The summed E-state index contributed by atoms with van der Waals surface area (Å²) in [4.78, 5) is 10.9. The number of carbonyl (C=O) groups excluding carboxylic acids is 1. The van der Waals surface area contributed by atoms with Crippen molar-refractivity contribution in [3.8, 4) is 0 Å². The van der Waals surface area contributed by atoms with Gasteiger partial charge in [-0.05, 0) is 25.2 Å². The van der Waals surface area contributed by atoms with E-state index >= 15 is 0 Å². The van der Waals surface area contributed by atoms with Crippen molar-refractivity contribution in [1.29, 1.82) is 0 Å². The monoisotopic (exact) mass is 138 g/mol. The van der Waals surface area contributed by atoms with Gasteiger partial charge in [0.05, 0.1) is 0 Å². The maximum atomic E-state index is 10.9. The van der Waals surface area contributed by atoms with E-state index < -0.39 is 0 Å². The van der Waals surface area contributed by atoms with Gasteiger partial charge in [0, 0.05) is 5.92 Å². The summed E-state index contributed by atoms with van der Waals surface area (Å²) in [5, 5.41) is 0. The molecule has 10 heavy (non-hydrogen) atoms. The largest absolute Gasteiger partial charge is 0.300 e. The zero-order valence-electron chi connectivity index (χ0n) is 6.47. The van der Waals surface area contributed by atoms with Gasteiger partial charge >= 0.3 is 0 Å². The second-order valence-electron chi connectivity index (χ2n) is 3.81. The normalized spacial score (nSPS) is 38.9. The molecule has 2 atom stereocenters. The summed E-state index contributed by atoms with van der Waals surface area (Å²) >= 11 is 0. The zero-order chi connectivity index (χ0) is 7.14. The van der Waals surface area contributed by atoms with Gasteiger partial charge in [-0.3, -0.25) is 4.79 Å². The number of rotatable bonds is 2. The minimum absolute atomic E-state index is 0.428. The van der Waals surface area contributed by atoms with E-state index in [1.165, 1.54) is 25.7 Å². The lowest BCUT2D eigenvalue weighted by molar-refractivity contribution is -0.118. The molecule has 2 saturated carbocycles. The topological polar surface area (TPSA) is 17.1 Å². The maximum Gasteiger partial charge on any atom is 0.133 e. The van der Waals surface area contributed by atoms with Crippen molar-refractivity contribution in [2.75, 3.05) is 0 Å². The molecule has 0 radical (unpaired) electrons. The average Bonchev–Trinajstić information content (AvgIpc) is 2.40. The zero-order valence-corrected chi connectivity index (χ0v) is 6.47. The molecular formula is C9H14O. The van der Waals surface area contributed by atoms with Crippen molar-refractivity contribution < 1.29 is 4.79 Å². The third-order valence-electron chi connectivity index (χ3n) is 3.12. The Balaban J connectivity index is 1.83. The van der Waals surface area contributed by atoms with Crippen LogP contribution in [0.2, 0.25) is 0 Å². The van der Waals surface area contributed by atoms with Crippen LogP contribution in [-0.4, -0.2) is 5.78 Å². The lowest BCUT2D eigenvalue weighted by Crippen LogP contribution is -2.15. The number of ketones is 1. The Bertz CT molecular complexity index is 158. The minimum atomic E-state index is 0.428. The van der Waals surface area contributed by atoms with Crippen molar-refractivity contribution in [3.05, 3.63) is 0 Å². The quantitative estimate of drug-likeness (QED) is 0.570. The molecule has 2 rings (SSSR count). The molecule has 1 nitrogen and oxygen atoms in total. The fourth-order valence-electron chi connectivity index (χ4n) is 2.07. The molecule has 0 bridgehead atoms. The summed E-state index contributed by atoms with van der Waals surface area (Å²) in [5.41, 5.74) is 0. The summed E-state index contributed by atoms with van der Waals surface area (Å²) < 4.78 is 0. The fraction of sp³-hybridized carbons (Fsp3) is 0.889. The van der Waals surface area contributed by atoms with E-state index in [1.54, 1.807) is 6.92 Å². The molecule has 0 aromatic carbocycles. The van der Waals surface area contributed by atoms with Gasteiger partial charge in [-0.1, -0.05) is 19.3 Å². The Morgan fingerprint density at radius 3 is 2.40 bits per heavy atom. The minimum Gasteiger partial charge on any atom is -0.300 e. The predicted octanol–water partition coefficient (Wildman–Crippen LogP) is 2.01. The summed E-state index contributed by atoms with van der Waals surface area (Å²) in [6.07, 6.45) is 5.41. The lowest BCUT2D eigenvalue weighted by atomic mass is 9.81. The number of hydrogen-bond donors (Lipinski definition) is 0. The van der Waals surface area contributed by atoms with Gasteiger partial charge in [-0.25, -0.2) is 0 Å². The molecule has 2 aliphatic carbocycles. The van der Waals surface area contributed by atoms with E-state index in [1.807, 2.05) is 0 Å². The highest BCUT2D eigenvalue weighted by Crippen LogP contribution is 2.51. The number of Topliss-reactive ketones (excluding diaryl/α,β-unsaturated/α-hetero) is 1. The van der Waals surface area contributed by atoms with Crippen LogP contribution in [0, 0.1) is 17.8 Å². The number of hydrogen-bond acceptors (Lipinski definition) is 1. The Morgan fingerprint density at radius 2 is 2.10 bits per heavy atom. The fourth-order valence-corrected chi connectivity index (χ4v) is 2.07. The van der Waals surface area contributed by atoms with Gasteiger partial charge in [-0.2, -0.15) is 0 Å². The van der Waals surface area contributed by atoms with Crippen LogP contribution in [0.4, 0.5) is 0 Å². The van der Waals surface area contributed by atoms with E-state index in [2.05, 4.69) is 0 Å². The molecule has 0 N–H and O–H groups in total. The summed E-state index contributed by atoms with van der Waals surface area (Å²) in [6, 6.07) is 0. The maximum absolute atomic E-state index is 10.9. The van der Waals surface area contributed by atoms with Crippen molar-refractivity contribution in [2.24, 2.45) is 17.8 Å². The molecule has 56 valence electrons.